The summed E-state index contributed by atoms with van der Waals surface area (Å²) in [7, 11) is 0. The van der Waals surface area contributed by atoms with E-state index in [0.29, 0.717) is 10.9 Å². The van der Waals surface area contributed by atoms with Crippen LogP contribution in [0.25, 0.3) is 11.4 Å². The van der Waals surface area contributed by atoms with Crippen LogP contribution in [-0.4, -0.2) is 26.1 Å². The van der Waals surface area contributed by atoms with E-state index in [0.717, 1.165) is 29.9 Å². The second kappa shape index (κ2) is 5.34. The average Bonchev–Trinajstić information content (AvgIpc) is 3.05. The van der Waals surface area contributed by atoms with Crippen LogP contribution in [0.4, 0.5) is 5.69 Å². The number of hydrogen-bond acceptors (Lipinski definition) is 5. The van der Waals surface area contributed by atoms with Gasteiger partial charge in [0.05, 0.1) is 10.9 Å². The quantitative estimate of drug-likeness (QED) is 0.804. The Morgan fingerprint density at radius 1 is 1.23 bits per heavy atom. The van der Waals surface area contributed by atoms with Crippen molar-refractivity contribution in [2.75, 3.05) is 5.32 Å². The van der Waals surface area contributed by atoms with E-state index in [1.807, 2.05) is 40.4 Å². The number of anilines is 1. The molecule has 2 aromatic heterocycles. The summed E-state index contributed by atoms with van der Waals surface area (Å²) >= 11 is 1.42. The van der Waals surface area contributed by atoms with E-state index < -0.39 is 0 Å². The Bertz CT molecular complexity index is 790. The Kier molecular flexibility index (Phi) is 3.19. The maximum absolute atomic E-state index is 12.0. The zero-order valence-electron chi connectivity index (χ0n) is 11.6. The minimum absolute atomic E-state index is 0.0921. The number of carbonyl (C=O) groups excluding carboxylic acids is 1. The van der Waals surface area contributed by atoms with Crippen molar-refractivity contribution in [2.24, 2.45) is 0 Å². The van der Waals surface area contributed by atoms with Crippen molar-refractivity contribution < 1.29 is 4.79 Å². The van der Waals surface area contributed by atoms with Gasteiger partial charge >= 0.3 is 0 Å². The summed E-state index contributed by atoms with van der Waals surface area (Å²) in [5.41, 5.74) is 1.71. The van der Waals surface area contributed by atoms with Gasteiger partial charge in [0.15, 0.2) is 5.82 Å². The zero-order valence-corrected chi connectivity index (χ0v) is 12.5. The third-order valence-corrected chi connectivity index (χ3v) is 4.40. The topological polar surface area (TPSA) is 72.7 Å². The number of benzene rings is 1. The second-order valence-corrected chi connectivity index (χ2v) is 6.13. The lowest BCUT2D eigenvalue weighted by Gasteiger charge is -2.06. The van der Waals surface area contributed by atoms with E-state index in [-0.39, 0.29) is 5.91 Å². The van der Waals surface area contributed by atoms with Gasteiger partial charge < -0.3 is 5.32 Å². The van der Waals surface area contributed by atoms with E-state index in [1.54, 1.807) is 6.07 Å². The van der Waals surface area contributed by atoms with Crippen molar-refractivity contribution in [1.82, 2.24) is 20.2 Å². The van der Waals surface area contributed by atoms with Crippen LogP contribution in [0.3, 0.4) is 0 Å². The van der Waals surface area contributed by atoms with Gasteiger partial charge in [0.25, 0.3) is 5.91 Å². The Balaban J connectivity index is 1.53. The van der Waals surface area contributed by atoms with E-state index in [9.17, 15) is 4.79 Å². The second-order valence-electron chi connectivity index (χ2n) is 5.19. The predicted octanol–water partition coefficient (Wildman–Crippen LogP) is 2.99. The highest BCUT2D eigenvalue weighted by molar-refractivity contribution is 7.12. The van der Waals surface area contributed by atoms with Crippen LogP contribution in [0, 0.1) is 0 Å². The Morgan fingerprint density at radius 2 is 2.05 bits per heavy atom. The minimum atomic E-state index is -0.0921. The molecule has 0 aliphatic heterocycles. The molecule has 6 nitrogen and oxygen atoms in total. The van der Waals surface area contributed by atoms with Gasteiger partial charge in [0.1, 0.15) is 0 Å². The van der Waals surface area contributed by atoms with Crippen LogP contribution >= 0.6 is 11.3 Å². The van der Waals surface area contributed by atoms with Crippen LogP contribution in [0.2, 0.25) is 0 Å². The first kappa shape index (κ1) is 13.1. The van der Waals surface area contributed by atoms with E-state index in [1.165, 1.54) is 11.3 Å². The molecule has 1 aliphatic rings. The lowest BCUT2D eigenvalue weighted by molar-refractivity contribution is 0.103. The largest absolute Gasteiger partial charge is 0.321 e. The minimum Gasteiger partial charge on any atom is -0.321 e. The number of rotatable bonds is 4. The monoisotopic (exact) mass is 311 g/mol. The number of aromatic nitrogens is 4. The molecule has 0 bridgehead atoms. The summed E-state index contributed by atoms with van der Waals surface area (Å²) in [5, 5.41) is 16.7. The molecule has 2 heterocycles. The third-order valence-electron chi connectivity index (χ3n) is 3.53. The molecule has 4 rings (SSSR count). The van der Waals surface area contributed by atoms with Crippen LogP contribution in [-0.2, 0) is 0 Å². The standard InChI is InChI=1S/C15H13N5OS/c21-15(13-2-1-9-22-13)16-11-5-3-10(4-6-11)14-17-18-19-20(14)12-7-8-12/h1-6,9,12H,7-8H2,(H,16,21). The molecular formula is C15H13N5OS. The number of hydrogen-bond donors (Lipinski definition) is 1. The first-order valence-electron chi connectivity index (χ1n) is 7.04. The molecule has 1 aromatic carbocycles. The fourth-order valence-corrected chi connectivity index (χ4v) is 2.87. The molecular weight excluding hydrogens is 298 g/mol. The van der Waals surface area contributed by atoms with Crippen LogP contribution in [0.15, 0.2) is 41.8 Å². The molecule has 1 saturated carbocycles. The molecule has 1 fully saturated rings. The number of amides is 1. The Hall–Kier alpha value is -2.54. The van der Waals surface area contributed by atoms with E-state index in [2.05, 4.69) is 20.8 Å². The van der Waals surface area contributed by atoms with Crippen molar-refractivity contribution in [3.8, 4) is 11.4 Å². The van der Waals surface area contributed by atoms with Crippen LogP contribution in [0.1, 0.15) is 28.6 Å². The van der Waals surface area contributed by atoms with Gasteiger partial charge in [-0.2, -0.15) is 0 Å². The molecule has 1 amide bonds. The number of carbonyl (C=O) groups is 1. The maximum atomic E-state index is 12.0. The molecule has 0 radical (unpaired) electrons. The Labute approximate surface area is 130 Å². The maximum Gasteiger partial charge on any atom is 0.265 e. The van der Waals surface area contributed by atoms with Crippen molar-refractivity contribution in [2.45, 2.75) is 18.9 Å². The highest BCUT2D eigenvalue weighted by atomic mass is 32.1. The summed E-state index contributed by atoms with van der Waals surface area (Å²) in [6.45, 7) is 0. The van der Waals surface area contributed by atoms with Gasteiger partial charge in [-0.3, -0.25) is 4.79 Å². The Morgan fingerprint density at radius 3 is 2.73 bits per heavy atom. The molecule has 0 spiro atoms. The summed E-state index contributed by atoms with van der Waals surface area (Å²) in [6, 6.07) is 11.7. The number of thiophene rings is 1. The fraction of sp³-hybridized carbons (Fsp3) is 0.200. The number of tetrazole rings is 1. The normalized spacial score (nSPS) is 14.0. The molecule has 1 N–H and O–H groups in total. The first-order valence-corrected chi connectivity index (χ1v) is 7.92. The van der Waals surface area contributed by atoms with E-state index >= 15 is 0 Å². The lowest BCUT2D eigenvalue weighted by atomic mass is 10.2. The SMILES string of the molecule is O=C(Nc1ccc(-c2nnnn2C2CC2)cc1)c1cccs1. The molecule has 0 saturated heterocycles. The van der Waals surface area contributed by atoms with Crippen LogP contribution in [0.5, 0.6) is 0 Å². The molecule has 1 aliphatic carbocycles. The lowest BCUT2D eigenvalue weighted by Crippen LogP contribution is -2.09. The van der Waals surface area contributed by atoms with Gasteiger partial charge in [-0.1, -0.05) is 6.07 Å². The number of nitrogens with zero attached hydrogens (tertiary/aromatic N) is 4. The number of nitrogens with one attached hydrogen (secondary N) is 1. The smallest absolute Gasteiger partial charge is 0.265 e. The highest BCUT2D eigenvalue weighted by Crippen LogP contribution is 2.36. The molecule has 0 unspecified atom stereocenters. The zero-order chi connectivity index (χ0) is 14.9. The highest BCUT2D eigenvalue weighted by Gasteiger charge is 2.28. The summed E-state index contributed by atoms with van der Waals surface area (Å²) in [6.07, 6.45) is 2.26. The summed E-state index contributed by atoms with van der Waals surface area (Å²) in [5.74, 6) is 0.684. The van der Waals surface area contributed by atoms with Gasteiger partial charge in [0.2, 0.25) is 0 Å². The van der Waals surface area contributed by atoms with Gasteiger partial charge in [0, 0.05) is 11.3 Å². The summed E-state index contributed by atoms with van der Waals surface area (Å²) in [4.78, 5) is 12.7. The first-order chi connectivity index (χ1) is 10.8. The summed E-state index contributed by atoms with van der Waals surface area (Å²) < 4.78 is 1.87. The van der Waals surface area contributed by atoms with Crippen LogP contribution < -0.4 is 5.32 Å². The van der Waals surface area contributed by atoms with E-state index in [4.69, 9.17) is 0 Å². The van der Waals surface area contributed by atoms with Gasteiger partial charge in [-0.15, -0.1) is 16.4 Å². The predicted molar refractivity (Wildman–Crippen MR) is 83.8 cm³/mol. The fourth-order valence-electron chi connectivity index (χ4n) is 2.25. The van der Waals surface area contributed by atoms with Gasteiger partial charge in [-0.25, -0.2) is 4.68 Å². The molecule has 110 valence electrons. The van der Waals surface area contributed by atoms with Crippen molar-refractivity contribution in [1.29, 1.82) is 0 Å². The molecule has 3 aromatic rings. The van der Waals surface area contributed by atoms with Crippen molar-refractivity contribution in [3.63, 3.8) is 0 Å². The van der Waals surface area contributed by atoms with Gasteiger partial charge in [-0.05, 0) is 59.0 Å². The van der Waals surface area contributed by atoms with Crippen molar-refractivity contribution in [3.05, 3.63) is 46.7 Å². The molecule has 0 atom stereocenters. The molecule has 7 heteroatoms. The average molecular weight is 311 g/mol. The molecule has 22 heavy (non-hydrogen) atoms. The third kappa shape index (κ3) is 2.50. The van der Waals surface area contributed by atoms with Crippen molar-refractivity contribution >= 4 is 22.9 Å².